The molecule has 1 atom stereocenters. The number of amides is 1. The van der Waals surface area contributed by atoms with Gasteiger partial charge in [0.15, 0.2) is 0 Å². The Labute approximate surface area is 134 Å². The number of rotatable bonds is 4. The molecule has 1 aromatic carbocycles. The second-order valence-corrected chi connectivity index (χ2v) is 5.53. The highest BCUT2D eigenvalue weighted by Gasteiger charge is 2.31. The van der Waals surface area contributed by atoms with Gasteiger partial charge in [-0.1, -0.05) is 19.1 Å². The summed E-state index contributed by atoms with van der Waals surface area (Å²) in [6, 6.07) is 7.53. The first kappa shape index (κ1) is 15.6. The summed E-state index contributed by atoms with van der Waals surface area (Å²) in [6.07, 6.45) is 2.52. The summed E-state index contributed by atoms with van der Waals surface area (Å²) in [4.78, 5) is 23.1. The fourth-order valence-electron chi connectivity index (χ4n) is 2.80. The van der Waals surface area contributed by atoms with Gasteiger partial charge in [0.1, 0.15) is 17.7 Å². The Bertz CT molecular complexity index is 689. The Morgan fingerprint density at radius 3 is 2.83 bits per heavy atom. The van der Waals surface area contributed by atoms with Gasteiger partial charge in [0.05, 0.1) is 5.69 Å². The van der Waals surface area contributed by atoms with Crippen molar-refractivity contribution in [2.45, 2.75) is 25.9 Å². The van der Waals surface area contributed by atoms with E-state index >= 15 is 0 Å². The minimum atomic E-state index is -0.426. The molecule has 2 aromatic rings. The quantitative estimate of drug-likeness (QED) is 0.936. The van der Waals surface area contributed by atoms with Crippen molar-refractivity contribution in [3.8, 4) is 0 Å². The number of piperazine rings is 1. The SMILES string of the molecule is CCc1nccc(CN2CCNC(=O)[C@@H]2c2ccc(F)cc2)n1. The van der Waals surface area contributed by atoms with Gasteiger partial charge in [0.2, 0.25) is 5.91 Å². The summed E-state index contributed by atoms with van der Waals surface area (Å²) < 4.78 is 13.1. The van der Waals surface area contributed by atoms with Crippen molar-refractivity contribution >= 4 is 5.91 Å². The molecular formula is C17H19FN4O. The van der Waals surface area contributed by atoms with Gasteiger partial charge >= 0.3 is 0 Å². The summed E-state index contributed by atoms with van der Waals surface area (Å²) in [7, 11) is 0. The van der Waals surface area contributed by atoms with Gasteiger partial charge in [0.25, 0.3) is 0 Å². The molecule has 1 aromatic heterocycles. The van der Waals surface area contributed by atoms with Gasteiger partial charge < -0.3 is 5.32 Å². The van der Waals surface area contributed by atoms with Crippen LogP contribution in [0.2, 0.25) is 0 Å². The normalized spacial score (nSPS) is 18.7. The molecule has 6 heteroatoms. The van der Waals surface area contributed by atoms with E-state index in [0.717, 1.165) is 30.0 Å². The molecule has 1 aliphatic heterocycles. The molecule has 2 heterocycles. The predicted octanol–water partition coefficient (Wildman–Crippen LogP) is 1.85. The summed E-state index contributed by atoms with van der Waals surface area (Å²) >= 11 is 0. The molecule has 0 saturated carbocycles. The average molecular weight is 314 g/mol. The van der Waals surface area contributed by atoms with E-state index in [0.29, 0.717) is 13.1 Å². The number of benzene rings is 1. The van der Waals surface area contributed by atoms with Gasteiger partial charge in [0, 0.05) is 32.3 Å². The Hall–Kier alpha value is -2.34. The molecule has 1 amide bonds. The van der Waals surface area contributed by atoms with E-state index in [4.69, 9.17) is 0 Å². The zero-order valence-corrected chi connectivity index (χ0v) is 13.0. The fraction of sp³-hybridized carbons (Fsp3) is 0.353. The highest BCUT2D eigenvalue weighted by atomic mass is 19.1. The zero-order chi connectivity index (χ0) is 16.2. The first-order chi connectivity index (χ1) is 11.2. The topological polar surface area (TPSA) is 58.1 Å². The van der Waals surface area contributed by atoms with Gasteiger partial charge in [-0.3, -0.25) is 9.69 Å². The lowest BCUT2D eigenvalue weighted by Gasteiger charge is -2.35. The average Bonchev–Trinajstić information content (AvgIpc) is 2.56. The van der Waals surface area contributed by atoms with Crippen LogP contribution in [0.5, 0.6) is 0 Å². The molecule has 1 saturated heterocycles. The summed E-state index contributed by atoms with van der Waals surface area (Å²) in [6.45, 7) is 3.89. The largest absolute Gasteiger partial charge is 0.353 e. The number of aryl methyl sites for hydroxylation is 1. The second-order valence-electron chi connectivity index (χ2n) is 5.53. The van der Waals surface area contributed by atoms with Crippen LogP contribution >= 0.6 is 0 Å². The van der Waals surface area contributed by atoms with Crippen molar-refractivity contribution in [1.29, 1.82) is 0 Å². The molecule has 0 unspecified atom stereocenters. The molecule has 0 spiro atoms. The number of carbonyl (C=O) groups is 1. The van der Waals surface area contributed by atoms with Crippen LogP contribution in [0.25, 0.3) is 0 Å². The van der Waals surface area contributed by atoms with E-state index in [1.807, 2.05) is 13.0 Å². The highest BCUT2D eigenvalue weighted by molar-refractivity contribution is 5.83. The number of carbonyl (C=O) groups excluding carboxylic acids is 1. The van der Waals surface area contributed by atoms with Crippen molar-refractivity contribution in [2.75, 3.05) is 13.1 Å². The Morgan fingerprint density at radius 1 is 1.30 bits per heavy atom. The monoisotopic (exact) mass is 314 g/mol. The molecule has 0 bridgehead atoms. The predicted molar refractivity (Wildman–Crippen MR) is 84.0 cm³/mol. The smallest absolute Gasteiger partial charge is 0.242 e. The van der Waals surface area contributed by atoms with Crippen LogP contribution < -0.4 is 5.32 Å². The third-order valence-corrected chi connectivity index (χ3v) is 3.94. The summed E-state index contributed by atoms with van der Waals surface area (Å²) in [5.74, 6) is 0.426. The first-order valence-corrected chi connectivity index (χ1v) is 7.75. The molecule has 1 N–H and O–H groups in total. The minimum absolute atomic E-state index is 0.0624. The number of aromatic nitrogens is 2. The van der Waals surface area contributed by atoms with Gasteiger partial charge in [-0.25, -0.2) is 14.4 Å². The standard InChI is InChI=1S/C17H19FN4O/c1-2-15-19-8-7-14(21-15)11-22-10-9-20-17(23)16(22)12-3-5-13(18)6-4-12/h3-8,16H,2,9-11H2,1H3,(H,20,23)/t16-/m0/s1. The fourth-order valence-corrected chi connectivity index (χ4v) is 2.80. The number of halogens is 1. The molecule has 0 radical (unpaired) electrons. The van der Waals surface area contributed by atoms with Crippen LogP contribution in [0.15, 0.2) is 36.5 Å². The van der Waals surface area contributed by atoms with E-state index < -0.39 is 6.04 Å². The highest BCUT2D eigenvalue weighted by Crippen LogP contribution is 2.25. The zero-order valence-electron chi connectivity index (χ0n) is 13.0. The van der Waals surface area contributed by atoms with Gasteiger partial charge in [-0.2, -0.15) is 0 Å². The molecule has 23 heavy (non-hydrogen) atoms. The molecule has 3 rings (SSSR count). The van der Waals surface area contributed by atoms with Crippen molar-refractivity contribution < 1.29 is 9.18 Å². The molecular weight excluding hydrogens is 295 g/mol. The maximum Gasteiger partial charge on any atom is 0.242 e. The van der Waals surface area contributed by atoms with Crippen molar-refractivity contribution in [3.05, 3.63) is 59.4 Å². The van der Waals surface area contributed by atoms with E-state index in [1.54, 1.807) is 18.3 Å². The van der Waals surface area contributed by atoms with Crippen LogP contribution in [0.3, 0.4) is 0 Å². The number of hydrogen-bond donors (Lipinski definition) is 1. The number of hydrogen-bond acceptors (Lipinski definition) is 4. The van der Waals surface area contributed by atoms with Gasteiger partial charge in [-0.05, 0) is 23.8 Å². The van der Waals surface area contributed by atoms with E-state index in [9.17, 15) is 9.18 Å². The van der Waals surface area contributed by atoms with Crippen LogP contribution in [-0.4, -0.2) is 33.9 Å². The maximum absolute atomic E-state index is 13.1. The summed E-state index contributed by atoms with van der Waals surface area (Å²) in [5.41, 5.74) is 1.67. The first-order valence-electron chi connectivity index (χ1n) is 7.75. The molecule has 120 valence electrons. The molecule has 0 aliphatic carbocycles. The number of nitrogens with zero attached hydrogens (tertiary/aromatic N) is 3. The van der Waals surface area contributed by atoms with Crippen molar-refractivity contribution in [3.63, 3.8) is 0 Å². The van der Waals surface area contributed by atoms with Crippen molar-refractivity contribution in [1.82, 2.24) is 20.2 Å². The molecule has 1 aliphatic rings. The van der Waals surface area contributed by atoms with Crippen LogP contribution in [0.4, 0.5) is 4.39 Å². The Kier molecular flexibility index (Phi) is 4.62. The lowest BCUT2D eigenvalue weighted by Crippen LogP contribution is -2.49. The minimum Gasteiger partial charge on any atom is -0.353 e. The van der Waals surface area contributed by atoms with E-state index in [2.05, 4.69) is 20.2 Å². The number of nitrogens with one attached hydrogen (secondary N) is 1. The third kappa shape index (κ3) is 3.53. The molecule has 1 fully saturated rings. The van der Waals surface area contributed by atoms with Crippen LogP contribution in [0.1, 0.15) is 30.0 Å². The van der Waals surface area contributed by atoms with Crippen molar-refractivity contribution in [2.24, 2.45) is 0 Å². The van der Waals surface area contributed by atoms with E-state index in [1.165, 1.54) is 12.1 Å². The van der Waals surface area contributed by atoms with Crippen LogP contribution in [0, 0.1) is 5.82 Å². The Morgan fingerprint density at radius 2 is 2.09 bits per heavy atom. The van der Waals surface area contributed by atoms with Crippen LogP contribution in [-0.2, 0) is 17.8 Å². The third-order valence-electron chi connectivity index (χ3n) is 3.94. The lowest BCUT2D eigenvalue weighted by atomic mass is 10.0. The second kappa shape index (κ2) is 6.83. The lowest BCUT2D eigenvalue weighted by molar-refractivity contribution is -0.129. The van der Waals surface area contributed by atoms with Gasteiger partial charge in [-0.15, -0.1) is 0 Å². The maximum atomic E-state index is 13.1. The molecule has 5 nitrogen and oxygen atoms in total. The van der Waals surface area contributed by atoms with E-state index in [-0.39, 0.29) is 11.7 Å². The Balaban J connectivity index is 1.85. The summed E-state index contributed by atoms with van der Waals surface area (Å²) in [5, 5.41) is 2.88.